The summed E-state index contributed by atoms with van der Waals surface area (Å²) < 4.78 is 35.2. The Labute approximate surface area is 182 Å². The summed E-state index contributed by atoms with van der Waals surface area (Å²) in [5.41, 5.74) is 1.68. The highest BCUT2D eigenvalue weighted by molar-refractivity contribution is 7.90. The number of carbonyl (C=O) groups is 1. The van der Waals surface area contributed by atoms with E-state index in [4.69, 9.17) is 14.6 Å². The van der Waals surface area contributed by atoms with Crippen molar-refractivity contribution in [2.75, 3.05) is 14.2 Å². The number of hydrogen-bond acceptors (Lipinski definition) is 5. The lowest BCUT2D eigenvalue weighted by Crippen LogP contribution is -2.43. The van der Waals surface area contributed by atoms with Gasteiger partial charge in [-0.05, 0) is 47.9 Å². The lowest BCUT2D eigenvalue weighted by atomic mass is 9.98. The molecule has 0 fully saturated rings. The normalized spacial score (nSPS) is 18.3. The van der Waals surface area contributed by atoms with Crippen LogP contribution in [0.15, 0.2) is 72.5 Å². The maximum Gasteiger partial charge on any atom is 0.257 e. The molecule has 31 heavy (non-hydrogen) atoms. The third-order valence-corrected chi connectivity index (χ3v) is 6.52. The van der Waals surface area contributed by atoms with Crippen LogP contribution in [0.4, 0.5) is 0 Å². The number of hydrogen-bond donors (Lipinski definition) is 1. The van der Waals surface area contributed by atoms with Crippen LogP contribution in [0.3, 0.4) is 0 Å². The van der Waals surface area contributed by atoms with Gasteiger partial charge < -0.3 is 14.4 Å². The summed E-state index contributed by atoms with van der Waals surface area (Å²) in [6.07, 6.45) is 5.10. The summed E-state index contributed by atoms with van der Waals surface area (Å²) in [6.45, 7) is 2.09. The quantitative estimate of drug-likeness (QED) is 0.710. The Kier molecular flexibility index (Phi) is 6.82. The zero-order valence-corrected chi connectivity index (χ0v) is 18.5. The Bertz CT molecular complexity index is 1110. The van der Waals surface area contributed by atoms with Crippen LogP contribution in [0.1, 0.15) is 22.8 Å². The van der Waals surface area contributed by atoms with E-state index in [9.17, 15) is 13.2 Å². The van der Waals surface area contributed by atoms with Gasteiger partial charge in [0.2, 0.25) is 10.0 Å². The SMILES string of the molecule is COc1ccc(COc2cccc(C(=O)N(C)C3=CC=CC(C)C3S(N)(=O)=O)c2)cc1. The first kappa shape index (κ1) is 22.6. The van der Waals surface area contributed by atoms with Crippen molar-refractivity contribution in [3.63, 3.8) is 0 Å². The van der Waals surface area contributed by atoms with Gasteiger partial charge in [0.1, 0.15) is 23.4 Å². The number of allylic oxidation sites excluding steroid dienone is 3. The predicted octanol–water partition coefficient (Wildman–Crippen LogP) is 3.09. The second-order valence-electron chi connectivity index (χ2n) is 7.37. The number of nitrogens with two attached hydrogens (primary N) is 1. The van der Waals surface area contributed by atoms with Gasteiger partial charge in [-0.25, -0.2) is 13.6 Å². The summed E-state index contributed by atoms with van der Waals surface area (Å²) in [4.78, 5) is 14.4. The van der Waals surface area contributed by atoms with Crippen LogP contribution in [0.2, 0.25) is 0 Å². The molecular formula is C23H26N2O5S. The third kappa shape index (κ3) is 5.34. The number of methoxy groups -OCH3 is 1. The third-order valence-electron chi connectivity index (χ3n) is 5.14. The van der Waals surface area contributed by atoms with Gasteiger partial charge in [0.25, 0.3) is 5.91 Å². The highest BCUT2D eigenvalue weighted by Crippen LogP contribution is 2.28. The number of sulfonamides is 1. The number of nitrogens with zero attached hydrogens (tertiary/aromatic N) is 1. The molecule has 2 N–H and O–H groups in total. The molecule has 0 heterocycles. The first-order valence-corrected chi connectivity index (χ1v) is 11.4. The van der Waals surface area contributed by atoms with Crippen molar-refractivity contribution in [2.45, 2.75) is 18.8 Å². The molecule has 2 atom stereocenters. The van der Waals surface area contributed by atoms with Gasteiger partial charge in [0.15, 0.2) is 0 Å². The summed E-state index contributed by atoms with van der Waals surface area (Å²) in [5, 5.41) is 4.45. The van der Waals surface area contributed by atoms with Crippen molar-refractivity contribution in [1.82, 2.24) is 4.90 Å². The molecular weight excluding hydrogens is 416 g/mol. The second kappa shape index (κ2) is 9.36. The summed E-state index contributed by atoms with van der Waals surface area (Å²) in [7, 11) is -0.732. The molecule has 0 bridgehead atoms. The minimum Gasteiger partial charge on any atom is -0.497 e. The van der Waals surface area contributed by atoms with E-state index in [1.165, 1.54) is 4.90 Å². The largest absolute Gasteiger partial charge is 0.497 e. The highest BCUT2D eigenvalue weighted by Gasteiger charge is 2.35. The molecule has 0 aliphatic heterocycles. The smallest absolute Gasteiger partial charge is 0.257 e. The Morgan fingerprint density at radius 1 is 1.13 bits per heavy atom. The van der Waals surface area contributed by atoms with Crippen molar-refractivity contribution in [2.24, 2.45) is 11.1 Å². The Morgan fingerprint density at radius 2 is 1.84 bits per heavy atom. The zero-order valence-electron chi connectivity index (χ0n) is 17.7. The van der Waals surface area contributed by atoms with E-state index >= 15 is 0 Å². The van der Waals surface area contributed by atoms with Gasteiger partial charge in [-0.15, -0.1) is 0 Å². The summed E-state index contributed by atoms with van der Waals surface area (Å²) in [5.74, 6) is 0.601. The average molecular weight is 443 g/mol. The molecule has 164 valence electrons. The van der Waals surface area contributed by atoms with Gasteiger partial charge in [-0.2, -0.15) is 0 Å². The van der Waals surface area contributed by atoms with Crippen LogP contribution < -0.4 is 14.6 Å². The van der Waals surface area contributed by atoms with Gasteiger partial charge >= 0.3 is 0 Å². The maximum absolute atomic E-state index is 13.1. The van der Waals surface area contributed by atoms with Crippen molar-refractivity contribution in [1.29, 1.82) is 0 Å². The van der Waals surface area contributed by atoms with Crippen LogP contribution in [-0.4, -0.2) is 38.6 Å². The van der Waals surface area contributed by atoms with Gasteiger partial charge in [0.05, 0.1) is 7.11 Å². The predicted molar refractivity (Wildman–Crippen MR) is 119 cm³/mol. The van der Waals surface area contributed by atoms with Crippen molar-refractivity contribution < 1.29 is 22.7 Å². The fourth-order valence-electron chi connectivity index (χ4n) is 3.48. The van der Waals surface area contributed by atoms with E-state index in [0.717, 1.165) is 11.3 Å². The molecule has 1 aliphatic carbocycles. The Balaban J connectivity index is 1.75. The van der Waals surface area contributed by atoms with Gasteiger partial charge in [-0.3, -0.25) is 4.79 Å². The molecule has 0 radical (unpaired) electrons. The lowest BCUT2D eigenvalue weighted by molar-refractivity contribution is 0.0830. The lowest BCUT2D eigenvalue weighted by Gasteiger charge is -2.31. The molecule has 0 saturated carbocycles. The molecule has 0 saturated heterocycles. The van der Waals surface area contributed by atoms with E-state index in [2.05, 4.69) is 0 Å². The van der Waals surface area contributed by atoms with Crippen LogP contribution >= 0.6 is 0 Å². The van der Waals surface area contributed by atoms with Crippen LogP contribution in [0, 0.1) is 5.92 Å². The van der Waals surface area contributed by atoms with Crippen molar-refractivity contribution >= 4 is 15.9 Å². The zero-order chi connectivity index (χ0) is 22.6. The fraction of sp³-hybridized carbons (Fsp3) is 0.261. The topological polar surface area (TPSA) is 98.9 Å². The van der Waals surface area contributed by atoms with E-state index in [1.54, 1.807) is 63.6 Å². The number of ether oxygens (including phenoxy) is 2. The van der Waals surface area contributed by atoms with Gasteiger partial charge in [0, 0.05) is 18.3 Å². The average Bonchev–Trinajstić information content (AvgIpc) is 2.76. The molecule has 8 heteroatoms. The monoisotopic (exact) mass is 442 g/mol. The fourth-order valence-corrected chi connectivity index (χ4v) is 4.75. The van der Waals surface area contributed by atoms with Crippen molar-refractivity contribution in [3.05, 3.63) is 83.6 Å². The number of rotatable bonds is 7. The van der Waals surface area contributed by atoms with E-state index < -0.39 is 15.3 Å². The van der Waals surface area contributed by atoms with Gasteiger partial charge in [-0.1, -0.05) is 37.3 Å². The molecule has 3 rings (SSSR count). The Morgan fingerprint density at radius 3 is 2.48 bits per heavy atom. The van der Waals surface area contributed by atoms with E-state index in [1.807, 2.05) is 24.3 Å². The molecule has 1 amide bonds. The number of primary sulfonamides is 1. The second-order valence-corrected chi connectivity index (χ2v) is 9.06. The van der Waals surface area contributed by atoms with Crippen LogP contribution in [0.25, 0.3) is 0 Å². The van der Waals surface area contributed by atoms with E-state index in [-0.39, 0.29) is 11.8 Å². The molecule has 0 aromatic heterocycles. The molecule has 7 nitrogen and oxygen atoms in total. The number of benzene rings is 2. The molecule has 2 unspecified atom stereocenters. The minimum atomic E-state index is -3.88. The van der Waals surface area contributed by atoms with E-state index in [0.29, 0.717) is 23.6 Å². The van der Waals surface area contributed by atoms with Crippen molar-refractivity contribution in [3.8, 4) is 11.5 Å². The summed E-state index contributed by atoms with van der Waals surface area (Å²) >= 11 is 0. The first-order valence-electron chi connectivity index (χ1n) is 9.74. The molecule has 1 aliphatic rings. The molecule has 2 aromatic carbocycles. The number of amides is 1. The summed E-state index contributed by atoms with van der Waals surface area (Å²) in [6, 6.07) is 14.3. The van der Waals surface area contributed by atoms with Crippen LogP contribution in [-0.2, 0) is 16.6 Å². The highest BCUT2D eigenvalue weighted by atomic mass is 32.2. The molecule has 2 aromatic rings. The number of carbonyl (C=O) groups excluding carboxylic acids is 1. The first-order chi connectivity index (χ1) is 14.7. The van der Waals surface area contributed by atoms with Crippen LogP contribution in [0.5, 0.6) is 11.5 Å². The molecule has 0 spiro atoms. The standard InChI is InChI=1S/C23H26N2O5S/c1-16-6-4-9-21(22(16)31(24,27)28)25(2)23(26)18-7-5-8-20(14-18)30-15-17-10-12-19(29-3)13-11-17/h4-14,16,22H,15H2,1-3H3,(H2,24,27,28). The maximum atomic E-state index is 13.1. The Hall–Kier alpha value is -3.10. The minimum absolute atomic E-state index is 0.332.